The van der Waals surface area contributed by atoms with E-state index in [9.17, 15) is 4.79 Å². The van der Waals surface area contributed by atoms with Gasteiger partial charge in [0, 0.05) is 12.6 Å². The van der Waals surface area contributed by atoms with Crippen LogP contribution in [0.1, 0.15) is 34.0 Å². The van der Waals surface area contributed by atoms with E-state index in [0.29, 0.717) is 18.2 Å². The molecule has 2 N–H and O–H groups in total. The number of aryl methyl sites for hydroxylation is 1. The molecule has 0 aromatic heterocycles. The minimum atomic E-state index is -0.884. The highest BCUT2D eigenvalue weighted by Gasteiger charge is 2.07. The topological polar surface area (TPSA) is 49.3 Å². The van der Waals surface area contributed by atoms with Gasteiger partial charge in [-0.1, -0.05) is 36.4 Å². The Hall–Kier alpha value is -2.13. The average Bonchev–Trinajstić information content (AvgIpc) is 2.48. The van der Waals surface area contributed by atoms with E-state index in [-0.39, 0.29) is 0 Å². The molecule has 2 aromatic rings. The van der Waals surface area contributed by atoms with E-state index in [0.717, 1.165) is 12.0 Å². The quantitative estimate of drug-likeness (QED) is 0.854. The first-order valence-electron chi connectivity index (χ1n) is 7.16. The molecule has 0 saturated carbocycles. The van der Waals surface area contributed by atoms with E-state index < -0.39 is 5.97 Å². The molecule has 1 unspecified atom stereocenters. The second-order valence-corrected chi connectivity index (χ2v) is 5.42. The Morgan fingerprint density at radius 1 is 1.19 bits per heavy atom. The van der Waals surface area contributed by atoms with Crippen molar-refractivity contribution in [2.75, 3.05) is 0 Å². The summed E-state index contributed by atoms with van der Waals surface area (Å²) in [4.78, 5) is 10.9. The zero-order chi connectivity index (χ0) is 15.2. The summed E-state index contributed by atoms with van der Waals surface area (Å²) in [7, 11) is 0. The first-order chi connectivity index (χ1) is 10.1. The lowest BCUT2D eigenvalue weighted by atomic mass is 10.0. The molecule has 3 heteroatoms. The van der Waals surface area contributed by atoms with Crippen LogP contribution in [0.5, 0.6) is 0 Å². The Morgan fingerprint density at radius 3 is 2.67 bits per heavy atom. The van der Waals surface area contributed by atoms with Crippen LogP contribution >= 0.6 is 0 Å². The number of carboxylic acid groups (broad SMARTS) is 1. The van der Waals surface area contributed by atoms with Crippen LogP contribution in [0.4, 0.5) is 0 Å². The van der Waals surface area contributed by atoms with Gasteiger partial charge < -0.3 is 10.4 Å². The molecule has 1 atom stereocenters. The van der Waals surface area contributed by atoms with Crippen LogP contribution in [-0.2, 0) is 13.0 Å². The number of rotatable bonds is 6. The third kappa shape index (κ3) is 4.43. The van der Waals surface area contributed by atoms with Crippen molar-refractivity contribution in [3.8, 4) is 0 Å². The SMILES string of the molecule is Cc1ccccc1CC(C)NCc1cccc(C(=O)O)c1. The number of aromatic carboxylic acids is 1. The minimum absolute atomic E-state index is 0.333. The van der Waals surface area contributed by atoms with Crippen LogP contribution in [0.3, 0.4) is 0 Å². The molecule has 3 nitrogen and oxygen atoms in total. The summed E-state index contributed by atoms with van der Waals surface area (Å²) < 4.78 is 0. The smallest absolute Gasteiger partial charge is 0.335 e. The Kier molecular flexibility index (Phi) is 5.12. The van der Waals surface area contributed by atoms with Gasteiger partial charge in [-0.2, -0.15) is 0 Å². The lowest BCUT2D eigenvalue weighted by Crippen LogP contribution is -2.27. The first-order valence-corrected chi connectivity index (χ1v) is 7.16. The van der Waals surface area contributed by atoms with Gasteiger partial charge in [0.25, 0.3) is 0 Å². The summed E-state index contributed by atoms with van der Waals surface area (Å²) in [6.45, 7) is 4.94. The molecule has 0 spiro atoms. The third-order valence-corrected chi connectivity index (χ3v) is 3.62. The van der Waals surface area contributed by atoms with Gasteiger partial charge in [0.15, 0.2) is 0 Å². The van der Waals surface area contributed by atoms with Crippen LogP contribution in [0, 0.1) is 6.92 Å². The molecule has 0 aliphatic heterocycles. The van der Waals surface area contributed by atoms with E-state index in [1.54, 1.807) is 18.2 Å². The number of benzene rings is 2. The maximum absolute atomic E-state index is 10.9. The largest absolute Gasteiger partial charge is 0.478 e. The second-order valence-electron chi connectivity index (χ2n) is 5.42. The summed E-state index contributed by atoms with van der Waals surface area (Å²) in [5, 5.41) is 12.4. The summed E-state index contributed by atoms with van der Waals surface area (Å²) >= 11 is 0. The molecule has 2 rings (SSSR count). The first kappa shape index (κ1) is 15.3. The molecular weight excluding hydrogens is 262 g/mol. The highest BCUT2D eigenvalue weighted by molar-refractivity contribution is 5.87. The molecule has 2 aromatic carbocycles. The molecule has 0 fully saturated rings. The lowest BCUT2D eigenvalue weighted by Gasteiger charge is -2.15. The maximum Gasteiger partial charge on any atom is 0.335 e. The molecule has 0 heterocycles. The van der Waals surface area contributed by atoms with Gasteiger partial charge in [0.2, 0.25) is 0 Å². The molecule has 0 aliphatic carbocycles. The second kappa shape index (κ2) is 7.04. The van der Waals surface area contributed by atoms with Crippen molar-refractivity contribution in [1.82, 2.24) is 5.32 Å². The Bertz CT molecular complexity index is 622. The molecular formula is C18H21NO2. The fraction of sp³-hybridized carbons (Fsp3) is 0.278. The van der Waals surface area contributed by atoms with Gasteiger partial charge in [-0.15, -0.1) is 0 Å². The molecule has 21 heavy (non-hydrogen) atoms. The van der Waals surface area contributed by atoms with Crippen LogP contribution in [-0.4, -0.2) is 17.1 Å². The van der Waals surface area contributed by atoms with E-state index in [4.69, 9.17) is 5.11 Å². The summed E-state index contributed by atoms with van der Waals surface area (Å²) in [6, 6.07) is 15.8. The van der Waals surface area contributed by atoms with E-state index >= 15 is 0 Å². The van der Waals surface area contributed by atoms with Gasteiger partial charge in [-0.05, 0) is 49.1 Å². The van der Waals surface area contributed by atoms with Crippen molar-refractivity contribution < 1.29 is 9.90 Å². The zero-order valence-electron chi connectivity index (χ0n) is 12.5. The number of nitrogens with one attached hydrogen (secondary N) is 1. The normalized spacial score (nSPS) is 12.1. The van der Waals surface area contributed by atoms with Gasteiger partial charge in [-0.3, -0.25) is 0 Å². The summed E-state index contributed by atoms with van der Waals surface area (Å²) in [5.74, 6) is -0.884. The fourth-order valence-corrected chi connectivity index (χ4v) is 2.35. The fourth-order valence-electron chi connectivity index (χ4n) is 2.35. The minimum Gasteiger partial charge on any atom is -0.478 e. The van der Waals surface area contributed by atoms with Crippen LogP contribution < -0.4 is 5.32 Å². The van der Waals surface area contributed by atoms with Crippen molar-refractivity contribution in [3.63, 3.8) is 0 Å². The van der Waals surface area contributed by atoms with Gasteiger partial charge in [0.1, 0.15) is 0 Å². The van der Waals surface area contributed by atoms with Gasteiger partial charge in [0.05, 0.1) is 5.56 Å². The van der Waals surface area contributed by atoms with Gasteiger partial charge in [-0.25, -0.2) is 4.79 Å². The van der Waals surface area contributed by atoms with Crippen LogP contribution in [0.15, 0.2) is 48.5 Å². The molecule has 110 valence electrons. The van der Waals surface area contributed by atoms with Gasteiger partial charge >= 0.3 is 5.97 Å². The molecule has 0 radical (unpaired) electrons. The molecule has 0 aliphatic rings. The number of carbonyl (C=O) groups is 1. The maximum atomic E-state index is 10.9. The van der Waals surface area contributed by atoms with Crippen LogP contribution in [0.25, 0.3) is 0 Å². The van der Waals surface area contributed by atoms with E-state index in [1.807, 2.05) is 12.1 Å². The predicted molar refractivity (Wildman–Crippen MR) is 84.6 cm³/mol. The predicted octanol–water partition coefficient (Wildman–Crippen LogP) is 3.41. The summed E-state index contributed by atoms with van der Waals surface area (Å²) in [5.41, 5.74) is 3.98. The Balaban J connectivity index is 1.92. The number of carboxylic acids is 1. The summed E-state index contributed by atoms with van der Waals surface area (Å²) in [6.07, 6.45) is 0.964. The number of hydrogen-bond acceptors (Lipinski definition) is 2. The third-order valence-electron chi connectivity index (χ3n) is 3.62. The van der Waals surface area contributed by atoms with E-state index in [1.165, 1.54) is 11.1 Å². The van der Waals surface area contributed by atoms with Crippen molar-refractivity contribution in [1.29, 1.82) is 0 Å². The number of hydrogen-bond donors (Lipinski definition) is 2. The highest BCUT2D eigenvalue weighted by atomic mass is 16.4. The van der Waals surface area contributed by atoms with E-state index in [2.05, 4.69) is 37.4 Å². The lowest BCUT2D eigenvalue weighted by molar-refractivity contribution is 0.0696. The standard InChI is InChI=1S/C18H21NO2/c1-13-6-3-4-8-16(13)10-14(2)19-12-15-7-5-9-17(11-15)18(20)21/h3-9,11,14,19H,10,12H2,1-2H3,(H,20,21). The van der Waals surface area contributed by atoms with Crippen molar-refractivity contribution >= 4 is 5.97 Å². The zero-order valence-corrected chi connectivity index (χ0v) is 12.5. The van der Waals surface area contributed by atoms with Crippen molar-refractivity contribution in [2.45, 2.75) is 32.9 Å². The molecule has 0 amide bonds. The van der Waals surface area contributed by atoms with Crippen molar-refractivity contribution in [3.05, 3.63) is 70.8 Å². The molecule has 0 bridgehead atoms. The Labute approximate surface area is 125 Å². The Morgan fingerprint density at radius 2 is 1.95 bits per heavy atom. The van der Waals surface area contributed by atoms with Crippen LogP contribution in [0.2, 0.25) is 0 Å². The molecule has 0 saturated heterocycles. The average molecular weight is 283 g/mol. The monoisotopic (exact) mass is 283 g/mol. The van der Waals surface area contributed by atoms with Crippen molar-refractivity contribution in [2.24, 2.45) is 0 Å². The highest BCUT2D eigenvalue weighted by Crippen LogP contribution is 2.10.